The van der Waals surface area contributed by atoms with E-state index in [9.17, 15) is 4.79 Å². The molecule has 0 heterocycles. The Labute approximate surface area is 87.6 Å². The van der Waals surface area contributed by atoms with Crippen LogP contribution in [-0.4, -0.2) is 25.5 Å². The maximum atomic E-state index is 11.2. The summed E-state index contributed by atoms with van der Waals surface area (Å²) in [6.07, 6.45) is 1.01. The summed E-state index contributed by atoms with van der Waals surface area (Å²) < 4.78 is 0. The molecule has 0 aliphatic heterocycles. The van der Waals surface area contributed by atoms with E-state index in [-0.39, 0.29) is 11.8 Å². The summed E-state index contributed by atoms with van der Waals surface area (Å²) in [5.74, 6) is 0.938. The van der Waals surface area contributed by atoms with Crippen LogP contribution in [0.5, 0.6) is 0 Å². The molecule has 84 valence electrons. The summed E-state index contributed by atoms with van der Waals surface area (Å²) in [5, 5.41) is 6.23. The van der Waals surface area contributed by atoms with E-state index in [0.717, 1.165) is 26.1 Å². The van der Waals surface area contributed by atoms with E-state index in [0.29, 0.717) is 5.92 Å². The minimum Gasteiger partial charge on any atom is -0.356 e. The highest BCUT2D eigenvalue weighted by molar-refractivity contribution is 5.77. The van der Waals surface area contributed by atoms with Gasteiger partial charge in [-0.3, -0.25) is 4.79 Å². The molecule has 1 amide bonds. The second kappa shape index (κ2) is 7.80. The molecule has 0 aromatic carbocycles. The molecular weight excluding hydrogens is 176 g/mol. The third kappa shape index (κ3) is 8.05. The highest BCUT2D eigenvalue weighted by atomic mass is 16.1. The monoisotopic (exact) mass is 200 g/mol. The fourth-order valence-corrected chi connectivity index (χ4v) is 1.02. The van der Waals surface area contributed by atoms with Gasteiger partial charge in [-0.1, -0.05) is 27.7 Å². The molecule has 0 unspecified atom stereocenters. The van der Waals surface area contributed by atoms with Gasteiger partial charge in [-0.15, -0.1) is 0 Å². The van der Waals surface area contributed by atoms with E-state index >= 15 is 0 Å². The lowest BCUT2D eigenvalue weighted by Crippen LogP contribution is -2.31. The average Bonchev–Trinajstić information content (AvgIpc) is 2.09. The minimum atomic E-state index is 0.0959. The maximum Gasteiger partial charge on any atom is 0.222 e. The summed E-state index contributed by atoms with van der Waals surface area (Å²) in [7, 11) is 0. The molecule has 0 fully saturated rings. The molecule has 0 aliphatic carbocycles. The van der Waals surface area contributed by atoms with Crippen LogP contribution in [0.1, 0.15) is 34.1 Å². The van der Waals surface area contributed by atoms with Crippen LogP contribution in [0.15, 0.2) is 0 Å². The van der Waals surface area contributed by atoms with Crippen molar-refractivity contribution in [2.75, 3.05) is 19.6 Å². The SMILES string of the molecule is CC(C)CNCCCNC(=O)C(C)C. The maximum absolute atomic E-state index is 11.2. The van der Waals surface area contributed by atoms with Gasteiger partial charge in [-0.25, -0.2) is 0 Å². The largest absolute Gasteiger partial charge is 0.356 e. The fourth-order valence-electron chi connectivity index (χ4n) is 1.02. The van der Waals surface area contributed by atoms with Crippen molar-refractivity contribution in [2.45, 2.75) is 34.1 Å². The molecule has 2 N–H and O–H groups in total. The van der Waals surface area contributed by atoms with Gasteiger partial charge >= 0.3 is 0 Å². The Kier molecular flexibility index (Phi) is 7.48. The molecule has 0 spiro atoms. The average molecular weight is 200 g/mol. The number of hydrogen-bond donors (Lipinski definition) is 2. The first-order valence-electron chi connectivity index (χ1n) is 5.52. The zero-order chi connectivity index (χ0) is 11.0. The van der Waals surface area contributed by atoms with Crippen LogP contribution in [0, 0.1) is 11.8 Å². The molecule has 0 aromatic heterocycles. The van der Waals surface area contributed by atoms with Gasteiger partial charge in [0.05, 0.1) is 0 Å². The summed E-state index contributed by atoms with van der Waals surface area (Å²) in [4.78, 5) is 11.2. The van der Waals surface area contributed by atoms with E-state index in [2.05, 4.69) is 24.5 Å². The second-order valence-corrected chi connectivity index (χ2v) is 4.40. The summed E-state index contributed by atoms with van der Waals surface area (Å²) in [6.45, 7) is 11.0. The first-order chi connectivity index (χ1) is 6.54. The third-order valence-corrected chi connectivity index (χ3v) is 1.91. The first-order valence-corrected chi connectivity index (χ1v) is 5.52. The van der Waals surface area contributed by atoms with E-state index < -0.39 is 0 Å². The Morgan fingerprint density at radius 3 is 2.29 bits per heavy atom. The molecule has 0 bridgehead atoms. The number of amides is 1. The molecule has 0 saturated heterocycles. The van der Waals surface area contributed by atoms with Crippen molar-refractivity contribution in [3.05, 3.63) is 0 Å². The van der Waals surface area contributed by atoms with E-state index in [1.165, 1.54) is 0 Å². The van der Waals surface area contributed by atoms with Gasteiger partial charge in [0.2, 0.25) is 5.91 Å². The molecule has 3 heteroatoms. The molecule has 3 nitrogen and oxygen atoms in total. The van der Waals surface area contributed by atoms with Gasteiger partial charge in [0.25, 0.3) is 0 Å². The van der Waals surface area contributed by atoms with E-state index in [1.54, 1.807) is 0 Å². The van der Waals surface area contributed by atoms with Crippen molar-refractivity contribution < 1.29 is 4.79 Å². The van der Waals surface area contributed by atoms with Crippen LogP contribution in [0.3, 0.4) is 0 Å². The van der Waals surface area contributed by atoms with Crippen molar-refractivity contribution in [1.82, 2.24) is 10.6 Å². The molecule has 0 rings (SSSR count). The lowest BCUT2D eigenvalue weighted by atomic mass is 10.2. The van der Waals surface area contributed by atoms with Gasteiger partial charge in [-0.05, 0) is 25.4 Å². The minimum absolute atomic E-state index is 0.0959. The molecule has 0 saturated carbocycles. The lowest BCUT2D eigenvalue weighted by Gasteiger charge is -2.09. The summed E-state index contributed by atoms with van der Waals surface area (Å²) >= 11 is 0. The van der Waals surface area contributed by atoms with Crippen LogP contribution in [0.25, 0.3) is 0 Å². The van der Waals surface area contributed by atoms with Crippen LogP contribution in [0.2, 0.25) is 0 Å². The fraction of sp³-hybridized carbons (Fsp3) is 0.909. The molecule has 14 heavy (non-hydrogen) atoms. The number of nitrogens with one attached hydrogen (secondary N) is 2. The van der Waals surface area contributed by atoms with Crippen LogP contribution < -0.4 is 10.6 Å². The number of hydrogen-bond acceptors (Lipinski definition) is 2. The van der Waals surface area contributed by atoms with Gasteiger partial charge in [-0.2, -0.15) is 0 Å². The number of carbonyl (C=O) groups excluding carboxylic acids is 1. The summed E-state index contributed by atoms with van der Waals surface area (Å²) in [6, 6.07) is 0. The normalized spacial score (nSPS) is 11.0. The number of rotatable bonds is 7. The second-order valence-electron chi connectivity index (χ2n) is 4.40. The van der Waals surface area contributed by atoms with E-state index in [4.69, 9.17) is 0 Å². The van der Waals surface area contributed by atoms with Gasteiger partial charge in [0.15, 0.2) is 0 Å². The highest BCUT2D eigenvalue weighted by Gasteiger charge is 2.04. The standard InChI is InChI=1S/C11H24N2O/c1-9(2)8-12-6-5-7-13-11(14)10(3)4/h9-10,12H,5-8H2,1-4H3,(H,13,14). The van der Waals surface area contributed by atoms with Crippen molar-refractivity contribution in [1.29, 1.82) is 0 Å². The molecule has 0 aliphatic rings. The van der Waals surface area contributed by atoms with Crippen molar-refractivity contribution >= 4 is 5.91 Å². The Balaban J connectivity index is 3.18. The predicted molar refractivity (Wildman–Crippen MR) is 60.2 cm³/mol. The third-order valence-electron chi connectivity index (χ3n) is 1.91. The van der Waals surface area contributed by atoms with E-state index in [1.807, 2.05) is 13.8 Å². The van der Waals surface area contributed by atoms with Gasteiger partial charge < -0.3 is 10.6 Å². The first kappa shape index (κ1) is 13.4. The molecule has 0 atom stereocenters. The molecule has 0 aromatic rings. The summed E-state index contributed by atoms with van der Waals surface area (Å²) in [5.41, 5.74) is 0. The van der Waals surface area contributed by atoms with Crippen molar-refractivity contribution in [2.24, 2.45) is 11.8 Å². The lowest BCUT2D eigenvalue weighted by molar-refractivity contribution is -0.123. The van der Waals surface area contributed by atoms with Gasteiger partial charge in [0, 0.05) is 12.5 Å². The zero-order valence-electron chi connectivity index (χ0n) is 9.89. The zero-order valence-corrected chi connectivity index (χ0v) is 9.89. The van der Waals surface area contributed by atoms with Gasteiger partial charge in [0.1, 0.15) is 0 Å². The van der Waals surface area contributed by atoms with Crippen molar-refractivity contribution in [3.63, 3.8) is 0 Å². The molecule has 0 radical (unpaired) electrons. The Morgan fingerprint density at radius 1 is 1.14 bits per heavy atom. The van der Waals surface area contributed by atoms with Crippen molar-refractivity contribution in [3.8, 4) is 0 Å². The smallest absolute Gasteiger partial charge is 0.222 e. The Morgan fingerprint density at radius 2 is 1.79 bits per heavy atom. The van der Waals surface area contributed by atoms with Crippen LogP contribution in [-0.2, 0) is 4.79 Å². The highest BCUT2D eigenvalue weighted by Crippen LogP contribution is 1.90. The van der Waals surface area contributed by atoms with Crippen LogP contribution >= 0.6 is 0 Å². The Hall–Kier alpha value is -0.570. The quantitative estimate of drug-likeness (QED) is 0.610. The number of carbonyl (C=O) groups is 1. The van der Waals surface area contributed by atoms with Crippen LogP contribution in [0.4, 0.5) is 0 Å². The Bertz CT molecular complexity index is 155. The topological polar surface area (TPSA) is 41.1 Å². The predicted octanol–water partition coefficient (Wildman–Crippen LogP) is 1.39. The molecular formula is C11H24N2O.